The maximum Gasteiger partial charge on any atom is 0.313 e. The molecule has 8 nitrogen and oxygen atoms in total. The first-order valence-corrected chi connectivity index (χ1v) is 14.4. The molecule has 4 rings (SSSR count). The van der Waals surface area contributed by atoms with Gasteiger partial charge in [-0.05, 0) is 62.4 Å². The van der Waals surface area contributed by atoms with Crippen molar-refractivity contribution in [1.82, 2.24) is 4.90 Å². The van der Waals surface area contributed by atoms with Crippen LogP contribution in [0.25, 0.3) is 0 Å². The Kier molecular flexibility index (Phi) is 8.81. The molecule has 2 atom stereocenters. The van der Waals surface area contributed by atoms with E-state index in [2.05, 4.69) is 0 Å². The van der Waals surface area contributed by atoms with Crippen LogP contribution < -0.4 is 9.64 Å². The van der Waals surface area contributed by atoms with Crippen LogP contribution in [-0.2, 0) is 14.3 Å². The highest BCUT2D eigenvalue weighted by atomic mass is 16.5. The van der Waals surface area contributed by atoms with E-state index in [1.165, 1.54) is 7.11 Å². The number of esters is 1. The van der Waals surface area contributed by atoms with Crippen LogP contribution in [-0.4, -0.2) is 48.3 Å². The van der Waals surface area contributed by atoms with E-state index < -0.39 is 46.6 Å². The Bertz CT molecular complexity index is 1500. The molecule has 0 unspecified atom stereocenters. The number of nitrogens with zero attached hydrogens (tertiary/aromatic N) is 2. The van der Waals surface area contributed by atoms with Crippen LogP contribution in [0.5, 0.6) is 5.75 Å². The van der Waals surface area contributed by atoms with Gasteiger partial charge in [-0.2, -0.15) is 0 Å². The summed E-state index contributed by atoms with van der Waals surface area (Å²) >= 11 is 0. The summed E-state index contributed by atoms with van der Waals surface area (Å²) in [4.78, 5) is 59.2. The summed E-state index contributed by atoms with van der Waals surface area (Å²) in [7, 11) is 1.51. The van der Waals surface area contributed by atoms with Gasteiger partial charge in [-0.3, -0.25) is 29.0 Å². The molecule has 0 radical (unpaired) electrons. The zero-order valence-corrected chi connectivity index (χ0v) is 26.1. The van der Waals surface area contributed by atoms with E-state index in [-0.39, 0.29) is 17.7 Å². The van der Waals surface area contributed by atoms with Crippen LogP contribution in [0.2, 0.25) is 0 Å². The fraction of sp³-hybridized carbons (Fsp3) is 0.371. The molecule has 0 saturated heterocycles. The lowest BCUT2D eigenvalue weighted by molar-refractivity contribution is -0.155. The molecule has 0 aromatic heterocycles. The van der Waals surface area contributed by atoms with Gasteiger partial charge in [-0.25, -0.2) is 0 Å². The summed E-state index contributed by atoms with van der Waals surface area (Å²) in [5.41, 5.74) is 0.158. The molecule has 1 aliphatic rings. The highest BCUT2D eigenvalue weighted by molar-refractivity contribution is 6.23. The van der Waals surface area contributed by atoms with Crippen molar-refractivity contribution in [2.45, 2.75) is 60.5 Å². The summed E-state index contributed by atoms with van der Waals surface area (Å²) in [6.07, 6.45) is 0. The summed E-state index contributed by atoms with van der Waals surface area (Å²) in [6.45, 7) is 12.7. The molecule has 0 saturated carbocycles. The highest BCUT2D eigenvalue weighted by Crippen LogP contribution is 2.47. The van der Waals surface area contributed by atoms with Crippen molar-refractivity contribution in [2.24, 2.45) is 10.8 Å². The third kappa shape index (κ3) is 5.66. The molecule has 0 N–H and O–H groups in total. The van der Waals surface area contributed by atoms with E-state index in [1.807, 2.05) is 70.2 Å². The van der Waals surface area contributed by atoms with Crippen molar-refractivity contribution in [2.75, 3.05) is 18.6 Å². The monoisotopic (exact) mass is 584 g/mol. The molecule has 0 aliphatic carbocycles. The quantitative estimate of drug-likeness (QED) is 0.214. The number of benzene rings is 3. The minimum Gasteiger partial charge on any atom is -0.495 e. The third-order valence-electron chi connectivity index (χ3n) is 7.90. The van der Waals surface area contributed by atoms with Gasteiger partial charge in [-0.15, -0.1) is 0 Å². The van der Waals surface area contributed by atoms with Gasteiger partial charge in [0.15, 0.2) is 0 Å². The van der Waals surface area contributed by atoms with Crippen molar-refractivity contribution in [3.63, 3.8) is 0 Å². The lowest BCUT2D eigenvalue weighted by atomic mass is 9.77. The number of para-hydroxylation sites is 1. The van der Waals surface area contributed by atoms with Crippen LogP contribution in [0.15, 0.2) is 72.8 Å². The number of rotatable bonds is 9. The second-order valence-corrected chi connectivity index (χ2v) is 12.4. The molecule has 226 valence electrons. The van der Waals surface area contributed by atoms with Gasteiger partial charge >= 0.3 is 5.97 Å². The second-order valence-electron chi connectivity index (χ2n) is 12.4. The number of imide groups is 1. The Hall–Kier alpha value is -4.46. The fourth-order valence-electron chi connectivity index (χ4n) is 5.87. The van der Waals surface area contributed by atoms with Gasteiger partial charge in [0.1, 0.15) is 11.8 Å². The Balaban J connectivity index is 2.04. The van der Waals surface area contributed by atoms with Crippen molar-refractivity contribution < 1.29 is 28.7 Å². The number of hydrogen-bond donors (Lipinski definition) is 0. The Morgan fingerprint density at radius 1 is 0.837 bits per heavy atom. The highest BCUT2D eigenvalue weighted by Gasteiger charge is 2.53. The minimum absolute atomic E-state index is 0.158. The molecule has 1 heterocycles. The van der Waals surface area contributed by atoms with Crippen molar-refractivity contribution in [3.05, 3.63) is 95.1 Å². The Labute approximate surface area is 253 Å². The molecule has 3 aromatic carbocycles. The zero-order chi connectivity index (χ0) is 31.7. The average Bonchev–Trinajstić information content (AvgIpc) is 3.21. The smallest absolute Gasteiger partial charge is 0.313 e. The van der Waals surface area contributed by atoms with E-state index in [4.69, 9.17) is 9.47 Å². The van der Waals surface area contributed by atoms with Gasteiger partial charge in [0.25, 0.3) is 17.7 Å². The standard InChI is InChI=1S/C35H40N2O6/c1-9-43-33(41)35(6,7)28(23-17-11-10-12-18-23)36(27-22(2)16-15-21-26(27)42-8)32(40)29(34(3,4)5)37-30(38)24-19-13-14-20-25(24)31(37)39/h10-21,28-29H,9H2,1-8H3/t28-,29+/m0/s1. The van der Waals surface area contributed by atoms with E-state index in [0.29, 0.717) is 22.6 Å². The van der Waals surface area contributed by atoms with Crippen LogP contribution in [0.3, 0.4) is 0 Å². The molecule has 3 amide bonds. The maximum absolute atomic E-state index is 15.4. The fourth-order valence-corrected chi connectivity index (χ4v) is 5.87. The molecule has 0 fully saturated rings. The van der Waals surface area contributed by atoms with E-state index in [1.54, 1.807) is 56.0 Å². The van der Waals surface area contributed by atoms with Crippen LogP contribution >= 0.6 is 0 Å². The summed E-state index contributed by atoms with van der Waals surface area (Å²) < 4.78 is 11.3. The van der Waals surface area contributed by atoms with Crippen molar-refractivity contribution >= 4 is 29.4 Å². The summed E-state index contributed by atoms with van der Waals surface area (Å²) in [5, 5.41) is 0. The predicted molar refractivity (Wildman–Crippen MR) is 165 cm³/mol. The molecular weight excluding hydrogens is 544 g/mol. The number of aryl methyl sites for hydroxylation is 1. The number of ether oxygens (including phenoxy) is 2. The lowest BCUT2D eigenvalue weighted by Crippen LogP contribution is -2.59. The largest absolute Gasteiger partial charge is 0.495 e. The van der Waals surface area contributed by atoms with Gasteiger partial charge in [0, 0.05) is 0 Å². The minimum atomic E-state index is -1.27. The lowest BCUT2D eigenvalue weighted by Gasteiger charge is -2.46. The van der Waals surface area contributed by atoms with Gasteiger partial charge in [-0.1, -0.05) is 75.4 Å². The van der Waals surface area contributed by atoms with Gasteiger partial charge in [0.2, 0.25) is 0 Å². The third-order valence-corrected chi connectivity index (χ3v) is 7.90. The number of amides is 3. The number of carbonyl (C=O) groups is 4. The van der Waals surface area contributed by atoms with E-state index >= 15 is 4.79 Å². The van der Waals surface area contributed by atoms with Crippen LogP contribution in [0.1, 0.15) is 79.4 Å². The Morgan fingerprint density at radius 2 is 1.40 bits per heavy atom. The predicted octanol–water partition coefficient (Wildman–Crippen LogP) is 6.38. The second kappa shape index (κ2) is 12.0. The first kappa shape index (κ1) is 31.5. The van der Waals surface area contributed by atoms with Crippen LogP contribution in [0.4, 0.5) is 5.69 Å². The number of methoxy groups -OCH3 is 1. The average molecular weight is 585 g/mol. The van der Waals surface area contributed by atoms with Crippen molar-refractivity contribution in [3.8, 4) is 5.75 Å². The zero-order valence-electron chi connectivity index (χ0n) is 26.1. The number of carbonyl (C=O) groups excluding carboxylic acids is 4. The van der Waals surface area contributed by atoms with Crippen LogP contribution in [0, 0.1) is 17.8 Å². The molecule has 0 spiro atoms. The number of fused-ring (bicyclic) bond motifs is 1. The molecule has 8 heteroatoms. The Morgan fingerprint density at radius 3 is 1.91 bits per heavy atom. The molecule has 43 heavy (non-hydrogen) atoms. The first-order chi connectivity index (χ1) is 20.3. The van der Waals surface area contributed by atoms with E-state index in [9.17, 15) is 14.4 Å². The maximum atomic E-state index is 15.4. The molecular formula is C35H40N2O6. The van der Waals surface area contributed by atoms with E-state index in [0.717, 1.165) is 4.90 Å². The number of anilines is 1. The van der Waals surface area contributed by atoms with Gasteiger partial charge < -0.3 is 9.47 Å². The molecule has 3 aromatic rings. The first-order valence-electron chi connectivity index (χ1n) is 14.4. The molecule has 0 bridgehead atoms. The topological polar surface area (TPSA) is 93.2 Å². The summed E-state index contributed by atoms with van der Waals surface area (Å²) in [5.74, 6) is -1.69. The normalized spacial score (nSPS) is 14.7. The molecule has 1 aliphatic heterocycles. The number of hydrogen-bond acceptors (Lipinski definition) is 6. The SMILES string of the molecule is CCOC(=O)C(C)(C)[C@H](c1ccccc1)N(C(=O)[C@@H](N1C(=O)c2ccccc2C1=O)C(C)(C)C)c1c(C)cccc1OC. The van der Waals surface area contributed by atoms with Gasteiger partial charge in [0.05, 0.1) is 42.0 Å². The summed E-state index contributed by atoms with van der Waals surface area (Å²) in [6, 6.07) is 19.1. The van der Waals surface area contributed by atoms with Crippen molar-refractivity contribution in [1.29, 1.82) is 0 Å².